The Kier molecular flexibility index (Phi) is 5.03. The number of halogens is 1. The zero-order chi connectivity index (χ0) is 21.4. The molecule has 0 spiro atoms. The van der Waals surface area contributed by atoms with Gasteiger partial charge in [-0.3, -0.25) is 4.57 Å². The van der Waals surface area contributed by atoms with Crippen molar-refractivity contribution in [1.29, 1.82) is 0 Å². The molecule has 1 aliphatic heterocycles. The number of likely N-dealkylation sites (N-methyl/N-ethyl adjacent to an activating group) is 1. The highest BCUT2D eigenvalue weighted by atomic mass is 19.1. The summed E-state index contributed by atoms with van der Waals surface area (Å²) >= 11 is 0. The van der Waals surface area contributed by atoms with E-state index in [1.54, 1.807) is 24.7 Å². The second-order valence-electron chi connectivity index (χ2n) is 7.99. The molecule has 5 rings (SSSR count). The number of hydrogen-bond acceptors (Lipinski definition) is 4. The summed E-state index contributed by atoms with van der Waals surface area (Å²) in [6.07, 6.45) is 5.52. The Morgan fingerprint density at radius 1 is 0.806 bits per heavy atom. The second-order valence-corrected chi connectivity index (χ2v) is 7.99. The fourth-order valence-electron chi connectivity index (χ4n) is 4.09. The summed E-state index contributed by atoms with van der Waals surface area (Å²) in [4.78, 5) is 14.0. The molecular formula is C24H25FN6. The first-order valence-corrected chi connectivity index (χ1v) is 10.4. The minimum Gasteiger partial charge on any atom is -0.369 e. The quantitative estimate of drug-likeness (QED) is 0.507. The van der Waals surface area contributed by atoms with Gasteiger partial charge in [0.1, 0.15) is 11.5 Å². The summed E-state index contributed by atoms with van der Waals surface area (Å²) in [6, 6.07) is 15.0. The van der Waals surface area contributed by atoms with Gasteiger partial charge in [-0.1, -0.05) is 0 Å². The van der Waals surface area contributed by atoms with Crippen LogP contribution in [0.3, 0.4) is 0 Å². The summed E-state index contributed by atoms with van der Waals surface area (Å²) in [7, 11) is 4.12. The van der Waals surface area contributed by atoms with Crippen LogP contribution in [-0.4, -0.2) is 57.2 Å². The fourth-order valence-corrected chi connectivity index (χ4v) is 4.09. The molecule has 0 saturated carbocycles. The van der Waals surface area contributed by atoms with Crippen LogP contribution >= 0.6 is 0 Å². The average molecular weight is 417 g/mol. The van der Waals surface area contributed by atoms with Crippen molar-refractivity contribution in [3.05, 3.63) is 73.1 Å². The predicted molar refractivity (Wildman–Crippen MR) is 121 cm³/mol. The first-order chi connectivity index (χ1) is 15.1. The molecule has 1 saturated heterocycles. The average Bonchev–Trinajstić information content (AvgIpc) is 3.41. The van der Waals surface area contributed by atoms with E-state index in [4.69, 9.17) is 0 Å². The number of anilines is 1. The lowest BCUT2D eigenvalue weighted by Gasteiger charge is -2.34. The molecule has 0 N–H and O–H groups in total. The Labute approximate surface area is 181 Å². The van der Waals surface area contributed by atoms with Crippen molar-refractivity contribution in [2.24, 2.45) is 7.05 Å². The number of aromatic nitrogens is 4. The Bertz CT molecular complexity index is 1170. The third kappa shape index (κ3) is 3.72. The highest BCUT2D eigenvalue weighted by molar-refractivity contribution is 5.76. The molecule has 1 fully saturated rings. The van der Waals surface area contributed by atoms with Crippen LogP contribution in [0.15, 0.2) is 67.3 Å². The van der Waals surface area contributed by atoms with Gasteiger partial charge in [-0.2, -0.15) is 0 Å². The maximum atomic E-state index is 13.4. The van der Waals surface area contributed by atoms with Crippen LogP contribution in [-0.2, 0) is 7.05 Å². The van der Waals surface area contributed by atoms with Gasteiger partial charge in [0.05, 0.1) is 12.0 Å². The third-order valence-electron chi connectivity index (χ3n) is 5.90. The molecule has 0 bridgehead atoms. The van der Waals surface area contributed by atoms with Crippen molar-refractivity contribution in [3.63, 3.8) is 0 Å². The molecular weight excluding hydrogens is 391 g/mol. The van der Waals surface area contributed by atoms with E-state index in [1.807, 2.05) is 17.8 Å². The second kappa shape index (κ2) is 8.00. The van der Waals surface area contributed by atoms with Gasteiger partial charge in [-0.05, 0) is 55.6 Å². The molecule has 6 nitrogen and oxygen atoms in total. The number of nitrogens with zero attached hydrogens (tertiary/aromatic N) is 6. The maximum Gasteiger partial charge on any atom is 0.163 e. The Morgan fingerprint density at radius 3 is 2.19 bits per heavy atom. The van der Waals surface area contributed by atoms with Gasteiger partial charge in [-0.25, -0.2) is 14.4 Å². The predicted octanol–water partition coefficient (Wildman–Crippen LogP) is 3.83. The van der Waals surface area contributed by atoms with Gasteiger partial charge in [-0.15, -0.1) is 0 Å². The molecule has 158 valence electrons. The lowest BCUT2D eigenvalue weighted by Crippen LogP contribution is -2.44. The van der Waals surface area contributed by atoms with Crippen molar-refractivity contribution in [1.82, 2.24) is 24.0 Å². The summed E-state index contributed by atoms with van der Waals surface area (Å²) in [6.45, 7) is 4.25. The molecule has 0 unspecified atom stereocenters. The molecule has 2 aromatic heterocycles. The number of rotatable bonds is 4. The monoisotopic (exact) mass is 416 g/mol. The van der Waals surface area contributed by atoms with Crippen LogP contribution < -0.4 is 4.90 Å². The van der Waals surface area contributed by atoms with Crippen LogP contribution in [0.4, 0.5) is 10.1 Å². The fraction of sp³-hybridized carbons (Fsp3) is 0.250. The van der Waals surface area contributed by atoms with Crippen molar-refractivity contribution in [2.75, 3.05) is 38.1 Å². The molecule has 0 atom stereocenters. The highest BCUT2D eigenvalue weighted by Gasteiger charge is 2.19. The number of benzene rings is 2. The van der Waals surface area contributed by atoms with Crippen molar-refractivity contribution in [3.8, 4) is 28.5 Å². The third-order valence-corrected chi connectivity index (χ3v) is 5.90. The van der Waals surface area contributed by atoms with Crippen LogP contribution in [0.5, 0.6) is 0 Å². The Morgan fingerprint density at radius 2 is 1.48 bits per heavy atom. The minimum atomic E-state index is -0.261. The molecule has 0 amide bonds. The Hall–Kier alpha value is -3.45. The minimum absolute atomic E-state index is 0.261. The van der Waals surface area contributed by atoms with Gasteiger partial charge in [0, 0.05) is 62.6 Å². The van der Waals surface area contributed by atoms with Gasteiger partial charge in [0.15, 0.2) is 5.82 Å². The normalized spacial score (nSPS) is 14.9. The first kappa shape index (κ1) is 19.5. The number of hydrogen-bond donors (Lipinski definition) is 0. The molecule has 0 aliphatic carbocycles. The van der Waals surface area contributed by atoms with Crippen LogP contribution in [0.2, 0.25) is 0 Å². The molecule has 31 heavy (non-hydrogen) atoms. The zero-order valence-electron chi connectivity index (χ0n) is 17.7. The Balaban J connectivity index is 1.48. The van der Waals surface area contributed by atoms with Gasteiger partial charge >= 0.3 is 0 Å². The van der Waals surface area contributed by atoms with Crippen molar-refractivity contribution >= 4 is 5.69 Å². The standard InChI is InChI=1S/C24H25FN6/c1-28-13-15-30(16-14-28)20-7-9-21(10-8-20)31-12-11-26-24(31)23-22(27-17-29(23)2)18-3-5-19(25)6-4-18/h3-12,17H,13-16H2,1-2H3. The van der Waals surface area contributed by atoms with E-state index in [2.05, 4.69) is 55.6 Å². The van der Waals surface area contributed by atoms with Crippen LogP contribution in [0.1, 0.15) is 0 Å². The van der Waals surface area contributed by atoms with E-state index >= 15 is 0 Å². The topological polar surface area (TPSA) is 42.1 Å². The van der Waals surface area contributed by atoms with Crippen LogP contribution in [0.25, 0.3) is 28.5 Å². The zero-order valence-corrected chi connectivity index (χ0v) is 17.7. The van der Waals surface area contributed by atoms with E-state index < -0.39 is 0 Å². The summed E-state index contributed by atoms with van der Waals surface area (Å²) in [5, 5.41) is 0. The molecule has 1 aliphatic rings. The lowest BCUT2D eigenvalue weighted by molar-refractivity contribution is 0.313. The van der Waals surface area contributed by atoms with Crippen molar-refractivity contribution < 1.29 is 4.39 Å². The summed E-state index contributed by atoms with van der Waals surface area (Å²) in [5.41, 5.74) is 4.81. The van der Waals surface area contributed by atoms with Gasteiger partial charge in [0.2, 0.25) is 0 Å². The number of imidazole rings is 2. The van der Waals surface area contributed by atoms with E-state index in [0.717, 1.165) is 54.6 Å². The lowest BCUT2D eigenvalue weighted by atomic mass is 10.1. The van der Waals surface area contributed by atoms with E-state index in [-0.39, 0.29) is 5.82 Å². The largest absolute Gasteiger partial charge is 0.369 e. The van der Waals surface area contributed by atoms with Crippen LogP contribution in [0, 0.1) is 5.82 Å². The molecule has 2 aromatic carbocycles. The van der Waals surface area contributed by atoms with Crippen molar-refractivity contribution in [2.45, 2.75) is 0 Å². The highest BCUT2D eigenvalue weighted by Crippen LogP contribution is 2.31. The van der Waals surface area contributed by atoms with E-state index in [9.17, 15) is 4.39 Å². The summed E-state index contributed by atoms with van der Waals surface area (Å²) < 4.78 is 17.4. The van der Waals surface area contributed by atoms with Gasteiger partial charge < -0.3 is 14.4 Å². The maximum absolute atomic E-state index is 13.4. The molecule has 0 radical (unpaired) electrons. The molecule has 3 heterocycles. The molecule has 4 aromatic rings. The smallest absolute Gasteiger partial charge is 0.163 e. The SMILES string of the molecule is CN1CCN(c2ccc(-n3ccnc3-c3c(-c4ccc(F)cc4)ncn3C)cc2)CC1. The number of aryl methyl sites for hydroxylation is 1. The van der Waals surface area contributed by atoms with E-state index in [0.29, 0.717) is 0 Å². The number of piperazine rings is 1. The first-order valence-electron chi connectivity index (χ1n) is 10.4. The van der Waals surface area contributed by atoms with E-state index in [1.165, 1.54) is 17.8 Å². The van der Waals surface area contributed by atoms with Gasteiger partial charge in [0.25, 0.3) is 0 Å². The molecule has 7 heteroatoms. The summed E-state index contributed by atoms with van der Waals surface area (Å²) in [5.74, 6) is 0.537.